The van der Waals surface area contributed by atoms with Gasteiger partial charge in [-0.3, -0.25) is 0 Å². The first-order chi connectivity index (χ1) is 12.7. The number of benzene rings is 2. The summed E-state index contributed by atoms with van der Waals surface area (Å²) in [5, 5.41) is 3.11. The molecular formula is C21H21NO5. The number of esters is 2. The van der Waals surface area contributed by atoms with Crippen molar-refractivity contribution < 1.29 is 19.1 Å². The molecule has 0 spiro atoms. The Morgan fingerprint density at radius 3 is 2.07 bits per heavy atom. The molecule has 0 fully saturated rings. The summed E-state index contributed by atoms with van der Waals surface area (Å²) >= 11 is 0. The van der Waals surface area contributed by atoms with E-state index in [1.807, 2.05) is 20.8 Å². The highest BCUT2D eigenvalue weighted by Gasteiger charge is 2.23. The van der Waals surface area contributed by atoms with Gasteiger partial charge in [0, 0.05) is 6.08 Å². The Bertz CT molecular complexity index is 892. The first kappa shape index (κ1) is 20.0. The standard InChI is InChI=1S/C21H21NO5/c1-6-18(23)26-15-7-9-16(10-8-15)27-20(24)14-11-13(2)19(22-25)17(12-14)21(3,4)5/h6-12H,1H2,2-5H3. The van der Waals surface area contributed by atoms with Gasteiger partial charge in [0.2, 0.25) is 0 Å². The van der Waals surface area contributed by atoms with E-state index >= 15 is 0 Å². The monoisotopic (exact) mass is 367 g/mol. The van der Waals surface area contributed by atoms with E-state index in [1.165, 1.54) is 24.3 Å². The van der Waals surface area contributed by atoms with Gasteiger partial charge in [-0.15, -0.1) is 4.91 Å². The van der Waals surface area contributed by atoms with Crippen molar-refractivity contribution in [2.24, 2.45) is 5.18 Å². The van der Waals surface area contributed by atoms with Crippen molar-refractivity contribution in [1.29, 1.82) is 0 Å². The minimum Gasteiger partial charge on any atom is -0.423 e. The number of ether oxygens (including phenoxy) is 2. The van der Waals surface area contributed by atoms with Gasteiger partial charge in [-0.25, -0.2) is 9.59 Å². The lowest BCUT2D eigenvalue weighted by Crippen LogP contribution is -2.15. The third-order valence-corrected chi connectivity index (χ3v) is 3.85. The fourth-order valence-electron chi connectivity index (χ4n) is 2.49. The number of carbonyl (C=O) groups excluding carboxylic acids is 2. The highest BCUT2D eigenvalue weighted by atomic mass is 16.5. The number of rotatable bonds is 5. The van der Waals surface area contributed by atoms with Crippen molar-refractivity contribution in [2.45, 2.75) is 33.1 Å². The second-order valence-electron chi connectivity index (χ2n) is 7.02. The highest BCUT2D eigenvalue weighted by molar-refractivity contribution is 5.92. The Hall–Kier alpha value is -3.28. The van der Waals surface area contributed by atoms with Crippen LogP contribution in [0.3, 0.4) is 0 Å². The number of hydrogen-bond donors (Lipinski definition) is 0. The van der Waals surface area contributed by atoms with Gasteiger partial charge in [-0.2, -0.15) is 0 Å². The van der Waals surface area contributed by atoms with E-state index in [0.717, 1.165) is 6.08 Å². The molecule has 0 N–H and O–H groups in total. The van der Waals surface area contributed by atoms with E-state index in [9.17, 15) is 14.5 Å². The summed E-state index contributed by atoms with van der Waals surface area (Å²) in [5.41, 5.74) is 1.59. The second-order valence-corrected chi connectivity index (χ2v) is 7.02. The first-order valence-corrected chi connectivity index (χ1v) is 8.30. The van der Waals surface area contributed by atoms with Gasteiger partial charge in [-0.05, 0) is 65.0 Å². The summed E-state index contributed by atoms with van der Waals surface area (Å²) in [6, 6.07) is 9.26. The summed E-state index contributed by atoms with van der Waals surface area (Å²) in [5.74, 6) is -0.524. The van der Waals surface area contributed by atoms with E-state index in [-0.39, 0.29) is 5.41 Å². The minimum absolute atomic E-state index is 0.297. The van der Waals surface area contributed by atoms with Gasteiger partial charge in [0.15, 0.2) is 0 Å². The SMILES string of the molecule is C=CC(=O)Oc1ccc(OC(=O)c2cc(C)c(N=O)c(C(C)(C)C)c2)cc1. The Morgan fingerprint density at radius 2 is 1.59 bits per heavy atom. The molecule has 6 nitrogen and oxygen atoms in total. The van der Waals surface area contributed by atoms with Crippen LogP contribution in [-0.4, -0.2) is 11.9 Å². The van der Waals surface area contributed by atoms with Crippen molar-refractivity contribution in [3.05, 3.63) is 70.7 Å². The maximum absolute atomic E-state index is 12.5. The zero-order valence-corrected chi connectivity index (χ0v) is 15.7. The van der Waals surface area contributed by atoms with Gasteiger partial charge in [0.05, 0.1) is 5.56 Å². The highest BCUT2D eigenvalue weighted by Crippen LogP contribution is 2.35. The number of aryl methyl sites for hydroxylation is 1. The van der Waals surface area contributed by atoms with Crippen molar-refractivity contribution >= 4 is 17.6 Å². The first-order valence-electron chi connectivity index (χ1n) is 8.30. The Morgan fingerprint density at radius 1 is 1.04 bits per heavy atom. The smallest absolute Gasteiger partial charge is 0.343 e. The third-order valence-electron chi connectivity index (χ3n) is 3.85. The lowest BCUT2D eigenvalue weighted by atomic mass is 9.83. The molecule has 0 unspecified atom stereocenters. The van der Waals surface area contributed by atoms with Crippen molar-refractivity contribution in [3.63, 3.8) is 0 Å². The normalized spacial score (nSPS) is 10.8. The number of carbonyl (C=O) groups is 2. The van der Waals surface area contributed by atoms with Crippen LogP contribution >= 0.6 is 0 Å². The van der Waals surface area contributed by atoms with Crippen LogP contribution in [0.4, 0.5) is 5.69 Å². The number of nitroso groups, excluding NO2 is 1. The second kappa shape index (κ2) is 7.95. The van der Waals surface area contributed by atoms with Crippen molar-refractivity contribution in [1.82, 2.24) is 0 Å². The largest absolute Gasteiger partial charge is 0.423 e. The molecule has 0 aromatic heterocycles. The van der Waals surface area contributed by atoms with Crippen LogP contribution in [0.25, 0.3) is 0 Å². The van der Waals surface area contributed by atoms with Gasteiger partial charge < -0.3 is 9.47 Å². The fraction of sp³-hybridized carbons (Fsp3) is 0.238. The molecule has 0 amide bonds. The predicted molar refractivity (Wildman–Crippen MR) is 103 cm³/mol. The number of hydrogen-bond acceptors (Lipinski definition) is 6. The van der Waals surface area contributed by atoms with E-state index in [4.69, 9.17) is 9.47 Å². The van der Waals surface area contributed by atoms with Crippen LogP contribution in [-0.2, 0) is 10.2 Å². The molecular weight excluding hydrogens is 346 g/mol. The molecule has 0 heterocycles. The molecule has 6 heteroatoms. The third kappa shape index (κ3) is 4.88. The lowest BCUT2D eigenvalue weighted by molar-refractivity contribution is -0.128. The van der Waals surface area contributed by atoms with Crippen molar-refractivity contribution in [2.75, 3.05) is 0 Å². The van der Waals surface area contributed by atoms with E-state index in [2.05, 4.69) is 11.8 Å². The molecule has 2 aromatic rings. The molecule has 0 bridgehead atoms. The molecule has 0 atom stereocenters. The molecule has 0 saturated heterocycles. The van der Waals surface area contributed by atoms with Gasteiger partial charge in [0.1, 0.15) is 17.2 Å². The van der Waals surface area contributed by atoms with Crippen molar-refractivity contribution in [3.8, 4) is 11.5 Å². The van der Waals surface area contributed by atoms with E-state index < -0.39 is 11.9 Å². The maximum Gasteiger partial charge on any atom is 0.343 e. The zero-order chi connectivity index (χ0) is 20.2. The van der Waals surface area contributed by atoms with Crippen LogP contribution in [0.15, 0.2) is 54.2 Å². The summed E-state index contributed by atoms with van der Waals surface area (Å²) in [6.45, 7) is 10.9. The topological polar surface area (TPSA) is 82.0 Å². The average molecular weight is 367 g/mol. The molecule has 0 saturated carbocycles. The fourth-order valence-corrected chi connectivity index (χ4v) is 2.49. The summed E-state index contributed by atoms with van der Waals surface area (Å²) in [4.78, 5) is 34.9. The molecule has 0 aliphatic carbocycles. The zero-order valence-electron chi connectivity index (χ0n) is 15.7. The Kier molecular flexibility index (Phi) is 5.90. The van der Waals surface area contributed by atoms with Crippen LogP contribution in [0, 0.1) is 11.8 Å². The molecule has 0 radical (unpaired) electrons. The maximum atomic E-state index is 12.5. The molecule has 140 valence electrons. The van der Waals surface area contributed by atoms with Gasteiger partial charge >= 0.3 is 11.9 Å². The quantitative estimate of drug-likeness (QED) is 0.321. The molecule has 27 heavy (non-hydrogen) atoms. The van der Waals surface area contributed by atoms with Crippen LogP contribution in [0.2, 0.25) is 0 Å². The van der Waals surface area contributed by atoms with Gasteiger partial charge in [-0.1, -0.05) is 27.4 Å². The van der Waals surface area contributed by atoms with Crippen LogP contribution in [0.5, 0.6) is 11.5 Å². The summed E-state index contributed by atoms with van der Waals surface area (Å²) in [6.07, 6.45) is 1.06. The lowest BCUT2D eigenvalue weighted by Gasteiger charge is -2.22. The van der Waals surface area contributed by atoms with Gasteiger partial charge in [0.25, 0.3) is 0 Å². The van der Waals surface area contributed by atoms with E-state index in [1.54, 1.807) is 19.1 Å². The van der Waals surface area contributed by atoms with E-state index in [0.29, 0.717) is 33.9 Å². The average Bonchev–Trinajstić information content (AvgIpc) is 2.61. The molecule has 0 aliphatic heterocycles. The summed E-state index contributed by atoms with van der Waals surface area (Å²) in [7, 11) is 0. The molecule has 0 aliphatic rings. The summed E-state index contributed by atoms with van der Waals surface area (Å²) < 4.78 is 10.3. The predicted octanol–water partition coefficient (Wildman–Crippen LogP) is 5.00. The molecule has 2 aromatic carbocycles. The van der Waals surface area contributed by atoms with Crippen LogP contribution in [0.1, 0.15) is 42.3 Å². The molecule has 2 rings (SSSR count). The Labute approximate surface area is 157 Å². The Balaban J connectivity index is 2.25. The number of nitrogens with zero attached hydrogens (tertiary/aromatic N) is 1. The minimum atomic E-state index is -0.575. The van der Waals surface area contributed by atoms with Crippen LogP contribution < -0.4 is 9.47 Å².